The van der Waals surface area contributed by atoms with Crippen LogP contribution in [0.1, 0.15) is 50.8 Å². The Balaban J connectivity index is 1.64. The Morgan fingerprint density at radius 1 is 1.26 bits per heavy atom. The molecule has 4 rings (SSSR count). The van der Waals surface area contributed by atoms with Crippen LogP contribution in [-0.2, 0) is 0 Å². The van der Waals surface area contributed by atoms with Gasteiger partial charge in [0, 0.05) is 35.8 Å². The van der Waals surface area contributed by atoms with Crippen LogP contribution in [0.4, 0.5) is 0 Å². The van der Waals surface area contributed by atoms with Crippen molar-refractivity contribution in [1.82, 2.24) is 14.3 Å². The summed E-state index contributed by atoms with van der Waals surface area (Å²) in [5, 5.41) is 0. The van der Waals surface area contributed by atoms with Crippen LogP contribution in [0.3, 0.4) is 0 Å². The lowest BCUT2D eigenvalue weighted by Crippen LogP contribution is -2.41. The fourth-order valence-electron chi connectivity index (χ4n) is 3.85. The van der Waals surface area contributed by atoms with E-state index in [2.05, 4.69) is 36.2 Å². The van der Waals surface area contributed by atoms with Gasteiger partial charge in [0.05, 0.1) is 0 Å². The number of aromatic nitrogens is 2. The van der Waals surface area contributed by atoms with Crippen LogP contribution >= 0.6 is 11.3 Å². The quantitative estimate of drug-likeness (QED) is 0.680. The zero-order valence-electron chi connectivity index (χ0n) is 15.9. The maximum Gasteiger partial charge on any atom is 0.271 e. The van der Waals surface area contributed by atoms with Gasteiger partial charge in [-0.05, 0) is 39.2 Å². The molecule has 5 nitrogen and oxygen atoms in total. The summed E-state index contributed by atoms with van der Waals surface area (Å²) in [5.41, 5.74) is 3.26. The molecule has 0 radical (unpaired) electrons. The topological polar surface area (TPSA) is 54.7 Å². The van der Waals surface area contributed by atoms with Crippen molar-refractivity contribution in [2.75, 3.05) is 13.1 Å². The van der Waals surface area contributed by atoms with Gasteiger partial charge >= 0.3 is 0 Å². The van der Waals surface area contributed by atoms with Crippen molar-refractivity contribution in [3.05, 3.63) is 68.1 Å². The molecule has 1 aromatic carbocycles. The molecule has 3 heterocycles. The largest absolute Gasteiger partial charge is 0.338 e. The fraction of sp³-hybridized carbons (Fsp3) is 0.381. The molecule has 0 spiro atoms. The monoisotopic (exact) mass is 381 g/mol. The number of hydrogen-bond acceptors (Lipinski definition) is 4. The van der Waals surface area contributed by atoms with Crippen LogP contribution in [-0.4, -0.2) is 33.3 Å². The summed E-state index contributed by atoms with van der Waals surface area (Å²) in [6.45, 7) is 7.27. The van der Waals surface area contributed by atoms with E-state index in [0.29, 0.717) is 24.0 Å². The summed E-state index contributed by atoms with van der Waals surface area (Å²) in [6, 6.07) is 8.48. The molecule has 0 saturated carbocycles. The van der Waals surface area contributed by atoms with Crippen LogP contribution in [0.25, 0.3) is 4.96 Å². The number of carbonyl (C=O) groups is 1. The number of aryl methyl sites for hydroxylation is 3. The van der Waals surface area contributed by atoms with Gasteiger partial charge in [-0.25, -0.2) is 4.98 Å². The summed E-state index contributed by atoms with van der Waals surface area (Å²) in [5.74, 6) is 0.106. The molecule has 1 atom stereocenters. The van der Waals surface area contributed by atoms with E-state index in [9.17, 15) is 9.59 Å². The van der Waals surface area contributed by atoms with Crippen molar-refractivity contribution in [1.29, 1.82) is 0 Å². The van der Waals surface area contributed by atoms with Crippen LogP contribution < -0.4 is 5.56 Å². The third-order valence-electron chi connectivity index (χ3n) is 5.47. The van der Waals surface area contributed by atoms with Gasteiger partial charge in [0.1, 0.15) is 5.56 Å². The Morgan fingerprint density at radius 3 is 2.85 bits per heavy atom. The van der Waals surface area contributed by atoms with Crippen molar-refractivity contribution in [3.63, 3.8) is 0 Å². The molecular weight excluding hydrogens is 358 g/mol. The van der Waals surface area contributed by atoms with E-state index < -0.39 is 0 Å². The molecule has 1 amide bonds. The molecule has 1 aliphatic rings. The van der Waals surface area contributed by atoms with E-state index in [0.717, 1.165) is 23.4 Å². The summed E-state index contributed by atoms with van der Waals surface area (Å²) in [4.78, 5) is 33.9. The molecule has 1 fully saturated rings. The molecule has 0 N–H and O–H groups in total. The molecule has 6 heteroatoms. The number of nitrogens with zero attached hydrogens (tertiary/aromatic N) is 3. The number of likely N-dealkylation sites (tertiary alicyclic amines) is 1. The van der Waals surface area contributed by atoms with Gasteiger partial charge in [-0.1, -0.05) is 29.8 Å². The van der Waals surface area contributed by atoms with Crippen molar-refractivity contribution in [2.45, 2.75) is 39.5 Å². The number of rotatable bonds is 2. The van der Waals surface area contributed by atoms with Crippen LogP contribution in [0.2, 0.25) is 0 Å². The fourth-order valence-corrected chi connectivity index (χ4v) is 4.78. The van der Waals surface area contributed by atoms with Crippen LogP contribution in [0, 0.1) is 20.8 Å². The number of benzene rings is 1. The first-order valence-corrected chi connectivity index (χ1v) is 10.1. The van der Waals surface area contributed by atoms with Gasteiger partial charge in [-0.3, -0.25) is 14.0 Å². The molecule has 140 valence electrons. The van der Waals surface area contributed by atoms with Crippen molar-refractivity contribution in [3.8, 4) is 0 Å². The lowest BCUT2D eigenvalue weighted by atomic mass is 9.89. The average molecular weight is 382 g/mol. The minimum Gasteiger partial charge on any atom is -0.338 e. The second-order valence-electron chi connectivity index (χ2n) is 7.34. The van der Waals surface area contributed by atoms with E-state index >= 15 is 0 Å². The number of fused-ring (bicyclic) bond motifs is 1. The third-order valence-corrected chi connectivity index (χ3v) is 6.54. The Hall–Kier alpha value is -2.47. The number of hydrogen-bond donors (Lipinski definition) is 0. The van der Waals surface area contributed by atoms with Crippen molar-refractivity contribution >= 4 is 22.2 Å². The first kappa shape index (κ1) is 17.9. The molecule has 0 aliphatic carbocycles. The Kier molecular flexibility index (Phi) is 4.60. The normalized spacial score (nSPS) is 17.4. The predicted octanol–water partition coefficient (Wildman–Crippen LogP) is 3.70. The molecule has 2 aromatic heterocycles. The Morgan fingerprint density at radius 2 is 2.07 bits per heavy atom. The van der Waals surface area contributed by atoms with Crippen LogP contribution in [0.5, 0.6) is 0 Å². The Bertz CT molecular complexity index is 1080. The smallest absolute Gasteiger partial charge is 0.271 e. The van der Waals surface area contributed by atoms with Crippen molar-refractivity contribution < 1.29 is 4.79 Å². The lowest BCUT2D eigenvalue weighted by Gasteiger charge is -2.33. The van der Waals surface area contributed by atoms with E-state index in [1.54, 1.807) is 4.40 Å². The molecule has 3 aromatic rings. The zero-order valence-corrected chi connectivity index (χ0v) is 16.7. The van der Waals surface area contributed by atoms with Crippen LogP contribution in [0.15, 0.2) is 35.3 Å². The lowest BCUT2D eigenvalue weighted by molar-refractivity contribution is 0.0704. The highest BCUT2D eigenvalue weighted by Crippen LogP contribution is 2.28. The molecule has 27 heavy (non-hydrogen) atoms. The first-order chi connectivity index (χ1) is 13.0. The van der Waals surface area contributed by atoms with Gasteiger partial charge in [-0.15, -0.1) is 11.3 Å². The molecule has 1 saturated heterocycles. The van der Waals surface area contributed by atoms with E-state index in [1.807, 2.05) is 18.7 Å². The highest BCUT2D eigenvalue weighted by Gasteiger charge is 2.28. The van der Waals surface area contributed by atoms with Crippen molar-refractivity contribution in [2.24, 2.45) is 0 Å². The number of amides is 1. The zero-order chi connectivity index (χ0) is 19.1. The van der Waals surface area contributed by atoms with Gasteiger partial charge in [0.2, 0.25) is 0 Å². The standard InChI is InChI=1S/C21H23N3O2S/c1-13-6-4-7-16(10-13)17-8-5-9-23(12-17)19(25)18-11-22-21-24(20(18)26)14(2)15(3)27-21/h4,6-7,10-11,17H,5,8-9,12H2,1-3H3/t17-/m1/s1. The summed E-state index contributed by atoms with van der Waals surface area (Å²) < 4.78 is 1.56. The maximum atomic E-state index is 13.1. The summed E-state index contributed by atoms with van der Waals surface area (Å²) in [6.07, 6.45) is 3.45. The average Bonchev–Trinajstić information content (AvgIpc) is 2.96. The summed E-state index contributed by atoms with van der Waals surface area (Å²) >= 11 is 1.47. The SMILES string of the molecule is Cc1cccc([C@@H]2CCCN(C(=O)c3cnc4sc(C)c(C)n4c3=O)C2)c1. The second-order valence-corrected chi connectivity index (χ2v) is 8.52. The summed E-state index contributed by atoms with van der Waals surface area (Å²) in [7, 11) is 0. The Labute approximate surface area is 162 Å². The minimum absolute atomic E-state index is 0.165. The highest BCUT2D eigenvalue weighted by molar-refractivity contribution is 7.17. The number of thiazole rings is 1. The molecule has 0 bridgehead atoms. The number of carbonyl (C=O) groups excluding carboxylic acids is 1. The third kappa shape index (κ3) is 3.18. The molecule has 0 unspecified atom stereocenters. The van der Waals surface area contributed by atoms with E-state index in [1.165, 1.54) is 28.7 Å². The first-order valence-electron chi connectivity index (χ1n) is 9.29. The minimum atomic E-state index is -0.260. The van der Waals surface area contributed by atoms with Gasteiger partial charge in [0.25, 0.3) is 11.5 Å². The number of piperidine rings is 1. The molecule has 1 aliphatic heterocycles. The highest BCUT2D eigenvalue weighted by atomic mass is 32.1. The molecular formula is C21H23N3O2S. The van der Waals surface area contributed by atoms with Gasteiger partial charge in [0.15, 0.2) is 4.96 Å². The predicted molar refractivity (Wildman–Crippen MR) is 108 cm³/mol. The van der Waals surface area contributed by atoms with Gasteiger partial charge in [-0.2, -0.15) is 0 Å². The maximum absolute atomic E-state index is 13.1. The van der Waals surface area contributed by atoms with E-state index in [4.69, 9.17) is 0 Å². The van der Waals surface area contributed by atoms with E-state index in [-0.39, 0.29) is 17.0 Å². The van der Waals surface area contributed by atoms with Gasteiger partial charge < -0.3 is 4.90 Å². The second kappa shape index (κ2) is 6.93.